The molecule has 0 radical (unpaired) electrons. The zero-order valence-corrected chi connectivity index (χ0v) is 12.1. The van der Waals surface area contributed by atoms with E-state index in [1.807, 2.05) is 18.2 Å². The largest absolute Gasteiger partial charge is 0.493 e. The number of amides is 1. The number of rotatable bonds is 8. The van der Waals surface area contributed by atoms with Gasteiger partial charge < -0.3 is 20.1 Å². The van der Waals surface area contributed by atoms with Gasteiger partial charge in [0.25, 0.3) is 0 Å². The van der Waals surface area contributed by atoms with Crippen LogP contribution in [-0.4, -0.2) is 33.2 Å². The molecule has 110 valence electrons. The van der Waals surface area contributed by atoms with E-state index >= 15 is 0 Å². The van der Waals surface area contributed by atoms with Crippen LogP contribution in [0.5, 0.6) is 11.5 Å². The molecule has 2 N–H and O–H groups in total. The Kier molecular flexibility index (Phi) is 5.24. The molecule has 0 heterocycles. The quantitative estimate of drug-likeness (QED) is 0.753. The fourth-order valence-corrected chi connectivity index (χ4v) is 1.97. The van der Waals surface area contributed by atoms with Gasteiger partial charge in [-0.05, 0) is 43.0 Å². The lowest BCUT2D eigenvalue weighted by atomic mass is 10.2. The van der Waals surface area contributed by atoms with Crippen molar-refractivity contribution < 1.29 is 14.3 Å². The molecule has 2 rings (SSSR count). The maximum absolute atomic E-state index is 11.7. The van der Waals surface area contributed by atoms with Crippen LogP contribution in [0.25, 0.3) is 0 Å². The molecule has 0 bridgehead atoms. The van der Waals surface area contributed by atoms with E-state index < -0.39 is 0 Å². The van der Waals surface area contributed by atoms with Crippen LogP contribution in [0, 0.1) is 5.92 Å². The summed E-state index contributed by atoms with van der Waals surface area (Å²) in [6.45, 7) is 1.82. The fraction of sp³-hybridized carbons (Fsp3) is 0.533. The smallest absolute Gasteiger partial charge is 0.234 e. The van der Waals surface area contributed by atoms with Gasteiger partial charge in [0, 0.05) is 6.54 Å². The van der Waals surface area contributed by atoms with E-state index in [1.54, 1.807) is 14.2 Å². The van der Waals surface area contributed by atoms with Gasteiger partial charge in [-0.1, -0.05) is 6.07 Å². The Bertz CT molecular complexity index is 458. The Labute approximate surface area is 119 Å². The molecule has 0 saturated heterocycles. The fourth-order valence-electron chi connectivity index (χ4n) is 1.97. The summed E-state index contributed by atoms with van der Waals surface area (Å²) < 4.78 is 10.4. The van der Waals surface area contributed by atoms with Gasteiger partial charge in [-0.3, -0.25) is 4.79 Å². The Morgan fingerprint density at radius 2 is 2.00 bits per heavy atom. The highest BCUT2D eigenvalue weighted by Crippen LogP contribution is 2.28. The maximum Gasteiger partial charge on any atom is 0.234 e. The van der Waals surface area contributed by atoms with Crippen molar-refractivity contribution in [3.63, 3.8) is 0 Å². The average Bonchev–Trinajstić information content (AvgIpc) is 3.29. The molecule has 5 nitrogen and oxygen atoms in total. The number of carbonyl (C=O) groups excluding carboxylic acids is 1. The molecule has 1 fully saturated rings. The number of ether oxygens (including phenoxy) is 2. The number of nitrogens with one attached hydrogen (secondary N) is 2. The second kappa shape index (κ2) is 7.14. The molecular formula is C15H22N2O3. The van der Waals surface area contributed by atoms with Gasteiger partial charge in [-0.25, -0.2) is 0 Å². The highest BCUT2D eigenvalue weighted by molar-refractivity contribution is 5.78. The van der Waals surface area contributed by atoms with Crippen LogP contribution in [0.15, 0.2) is 18.2 Å². The summed E-state index contributed by atoms with van der Waals surface area (Å²) >= 11 is 0. The minimum absolute atomic E-state index is 0.0143. The lowest BCUT2D eigenvalue weighted by Crippen LogP contribution is -2.34. The Morgan fingerprint density at radius 3 is 2.65 bits per heavy atom. The lowest BCUT2D eigenvalue weighted by molar-refractivity contribution is -0.120. The summed E-state index contributed by atoms with van der Waals surface area (Å²) in [6.07, 6.45) is 2.58. The third kappa shape index (κ3) is 4.42. The van der Waals surface area contributed by atoms with Crippen molar-refractivity contribution in [2.24, 2.45) is 5.92 Å². The van der Waals surface area contributed by atoms with Crippen molar-refractivity contribution in [2.45, 2.75) is 19.4 Å². The molecule has 1 saturated carbocycles. The minimum atomic E-state index is 0.0143. The highest BCUT2D eigenvalue weighted by atomic mass is 16.5. The molecule has 5 heteroatoms. The van der Waals surface area contributed by atoms with Gasteiger partial charge in [-0.15, -0.1) is 0 Å². The molecular weight excluding hydrogens is 256 g/mol. The van der Waals surface area contributed by atoms with E-state index in [4.69, 9.17) is 9.47 Å². The molecule has 0 aliphatic heterocycles. The number of carbonyl (C=O) groups is 1. The third-order valence-electron chi connectivity index (χ3n) is 3.35. The molecule has 1 amide bonds. The van der Waals surface area contributed by atoms with E-state index in [0.29, 0.717) is 24.6 Å². The second-order valence-corrected chi connectivity index (χ2v) is 5.04. The minimum Gasteiger partial charge on any atom is -0.493 e. The molecule has 1 aliphatic carbocycles. The number of methoxy groups -OCH3 is 2. The monoisotopic (exact) mass is 278 g/mol. The van der Waals surface area contributed by atoms with Crippen LogP contribution in [0.4, 0.5) is 0 Å². The second-order valence-electron chi connectivity index (χ2n) is 5.04. The molecule has 1 aliphatic rings. The van der Waals surface area contributed by atoms with Gasteiger partial charge in [0.2, 0.25) is 5.91 Å². The van der Waals surface area contributed by atoms with Gasteiger partial charge in [0.05, 0.1) is 20.8 Å². The highest BCUT2D eigenvalue weighted by Gasteiger charge is 2.20. The lowest BCUT2D eigenvalue weighted by Gasteiger charge is -2.10. The van der Waals surface area contributed by atoms with Crippen molar-refractivity contribution in [1.82, 2.24) is 10.6 Å². The summed E-state index contributed by atoms with van der Waals surface area (Å²) in [7, 11) is 3.20. The first-order chi connectivity index (χ1) is 9.72. The van der Waals surface area contributed by atoms with Crippen molar-refractivity contribution >= 4 is 5.91 Å². The van der Waals surface area contributed by atoms with Crippen LogP contribution in [-0.2, 0) is 11.3 Å². The Hall–Kier alpha value is -1.75. The standard InChI is InChI=1S/C15H22N2O3/c1-19-13-6-5-12(7-14(13)20-2)9-17-15(18)10-16-8-11-3-4-11/h5-7,11,16H,3-4,8-10H2,1-2H3,(H,17,18). The van der Waals surface area contributed by atoms with Crippen molar-refractivity contribution in [1.29, 1.82) is 0 Å². The summed E-state index contributed by atoms with van der Waals surface area (Å²) in [5, 5.41) is 6.05. The summed E-state index contributed by atoms with van der Waals surface area (Å²) in [6, 6.07) is 5.63. The van der Waals surface area contributed by atoms with E-state index in [-0.39, 0.29) is 5.91 Å². The van der Waals surface area contributed by atoms with Crippen molar-refractivity contribution in [3.05, 3.63) is 23.8 Å². The van der Waals surface area contributed by atoms with Crippen LogP contribution in [0.3, 0.4) is 0 Å². The molecule has 0 aromatic heterocycles. The van der Waals surface area contributed by atoms with Crippen LogP contribution in [0.1, 0.15) is 18.4 Å². The van der Waals surface area contributed by atoms with E-state index in [2.05, 4.69) is 10.6 Å². The van der Waals surface area contributed by atoms with E-state index in [9.17, 15) is 4.79 Å². The third-order valence-corrected chi connectivity index (χ3v) is 3.35. The SMILES string of the molecule is COc1ccc(CNC(=O)CNCC2CC2)cc1OC. The first-order valence-corrected chi connectivity index (χ1v) is 6.91. The Balaban J connectivity index is 1.75. The zero-order valence-electron chi connectivity index (χ0n) is 12.1. The average molecular weight is 278 g/mol. The molecule has 1 aromatic carbocycles. The zero-order chi connectivity index (χ0) is 14.4. The summed E-state index contributed by atoms with van der Waals surface area (Å²) in [5.41, 5.74) is 0.984. The van der Waals surface area contributed by atoms with Crippen molar-refractivity contribution in [3.8, 4) is 11.5 Å². The number of benzene rings is 1. The summed E-state index contributed by atoms with van der Waals surface area (Å²) in [5.74, 6) is 2.16. The predicted octanol–water partition coefficient (Wildman–Crippen LogP) is 1.32. The van der Waals surface area contributed by atoms with Gasteiger partial charge in [0.1, 0.15) is 0 Å². The molecule has 0 atom stereocenters. The summed E-state index contributed by atoms with van der Waals surface area (Å²) in [4.78, 5) is 11.7. The van der Waals surface area contributed by atoms with E-state index in [1.165, 1.54) is 12.8 Å². The first kappa shape index (κ1) is 14.7. The number of hydrogen-bond donors (Lipinski definition) is 2. The molecule has 1 aromatic rings. The predicted molar refractivity (Wildman–Crippen MR) is 77.0 cm³/mol. The molecule has 0 unspecified atom stereocenters. The number of hydrogen-bond acceptors (Lipinski definition) is 4. The maximum atomic E-state index is 11.7. The van der Waals surface area contributed by atoms with Crippen molar-refractivity contribution in [2.75, 3.05) is 27.3 Å². The van der Waals surface area contributed by atoms with Crippen LogP contribution >= 0.6 is 0 Å². The van der Waals surface area contributed by atoms with Gasteiger partial charge in [0.15, 0.2) is 11.5 Å². The normalized spacial score (nSPS) is 13.9. The molecule has 0 spiro atoms. The van der Waals surface area contributed by atoms with Crippen LogP contribution < -0.4 is 20.1 Å². The van der Waals surface area contributed by atoms with Gasteiger partial charge >= 0.3 is 0 Å². The van der Waals surface area contributed by atoms with E-state index in [0.717, 1.165) is 18.0 Å². The Morgan fingerprint density at radius 1 is 1.25 bits per heavy atom. The topological polar surface area (TPSA) is 59.6 Å². The van der Waals surface area contributed by atoms with Crippen LogP contribution in [0.2, 0.25) is 0 Å². The molecule has 20 heavy (non-hydrogen) atoms. The first-order valence-electron chi connectivity index (χ1n) is 6.91. The van der Waals surface area contributed by atoms with Gasteiger partial charge in [-0.2, -0.15) is 0 Å².